The van der Waals surface area contributed by atoms with E-state index in [0.717, 1.165) is 16.7 Å². The van der Waals surface area contributed by atoms with Gasteiger partial charge in [0.25, 0.3) is 0 Å². The smallest absolute Gasteiger partial charge is 0.423 e. The third kappa shape index (κ3) is 6.85. The average Bonchev–Trinajstić information content (AvgIpc) is 2.85. The summed E-state index contributed by atoms with van der Waals surface area (Å²) in [5.74, 6) is 0. The van der Waals surface area contributed by atoms with Crippen molar-refractivity contribution in [1.29, 1.82) is 0 Å². The Kier molecular flexibility index (Phi) is 8.27. The molecule has 1 aromatic carbocycles. The third-order valence-corrected chi connectivity index (χ3v) is 5.85. The van der Waals surface area contributed by atoms with E-state index in [0.29, 0.717) is 36.0 Å². The molecule has 0 bridgehead atoms. The van der Waals surface area contributed by atoms with E-state index < -0.39 is 21.4 Å². The summed E-state index contributed by atoms with van der Waals surface area (Å²) in [6.45, 7) is 1.72. The Morgan fingerprint density at radius 1 is 0.417 bits per heavy atom. The number of pyridine rings is 3. The summed E-state index contributed by atoms with van der Waals surface area (Å²) in [5, 5.41) is 56.0. The predicted octanol–water partition coefficient (Wildman–Crippen LogP) is -4.27. The molecular formula is C24H27B3N3O6+3. The van der Waals surface area contributed by atoms with Gasteiger partial charge in [0, 0.05) is 53.1 Å². The molecule has 0 unspecified atom stereocenters. The molecule has 0 aliphatic rings. The number of nitrogens with zero attached hydrogens (tertiary/aromatic N) is 3. The SMILES string of the molecule is OB(O)c1cc[n+](Cc2cc(C[n+]3ccc(B(O)O)cc3)cc(C[n+]3ccc(B(O)O)cc3)c2)cc1. The number of hydrogen-bond donors (Lipinski definition) is 6. The molecule has 3 aromatic heterocycles. The first-order chi connectivity index (χ1) is 17.3. The minimum atomic E-state index is -1.51. The van der Waals surface area contributed by atoms with E-state index in [9.17, 15) is 30.1 Å². The highest BCUT2D eigenvalue weighted by molar-refractivity contribution is 6.59. The molecule has 0 aliphatic heterocycles. The van der Waals surface area contributed by atoms with Gasteiger partial charge in [-0.25, -0.2) is 13.7 Å². The summed E-state index contributed by atoms with van der Waals surface area (Å²) >= 11 is 0. The molecule has 0 radical (unpaired) electrons. The van der Waals surface area contributed by atoms with Crippen molar-refractivity contribution in [2.24, 2.45) is 0 Å². The molecule has 9 nitrogen and oxygen atoms in total. The number of benzene rings is 1. The Balaban J connectivity index is 1.61. The van der Waals surface area contributed by atoms with Crippen LogP contribution in [0, 0.1) is 0 Å². The van der Waals surface area contributed by atoms with Crippen molar-refractivity contribution < 1.29 is 43.8 Å². The summed E-state index contributed by atoms with van der Waals surface area (Å²) in [6, 6.07) is 16.3. The van der Waals surface area contributed by atoms with Crippen molar-refractivity contribution in [2.45, 2.75) is 19.6 Å². The van der Waals surface area contributed by atoms with Crippen molar-refractivity contribution in [2.75, 3.05) is 0 Å². The van der Waals surface area contributed by atoms with Gasteiger partial charge in [-0.15, -0.1) is 0 Å². The Hall–Kier alpha value is -3.38. The Morgan fingerprint density at radius 2 is 0.639 bits per heavy atom. The fourth-order valence-corrected chi connectivity index (χ4v) is 3.98. The summed E-state index contributed by atoms with van der Waals surface area (Å²) in [5.41, 5.74) is 4.41. The van der Waals surface area contributed by atoms with E-state index in [1.807, 2.05) is 13.7 Å². The van der Waals surface area contributed by atoms with Crippen molar-refractivity contribution in [3.05, 3.63) is 108 Å². The van der Waals surface area contributed by atoms with Gasteiger partial charge < -0.3 is 30.1 Å². The normalized spacial score (nSPS) is 10.8. The van der Waals surface area contributed by atoms with E-state index in [1.54, 1.807) is 73.6 Å². The predicted molar refractivity (Wildman–Crippen MR) is 133 cm³/mol. The van der Waals surface area contributed by atoms with E-state index in [2.05, 4.69) is 18.2 Å². The second-order valence-electron chi connectivity index (χ2n) is 8.69. The monoisotopic (exact) mass is 486 g/mol. The Bertz CT molecular complexity index is 1120. The third-order valence-electron chi connectivity index (χ3n) is 5.85. The zero-order chi connectivity index (χ0) is 25.7. The number of hydrogen-bond acceptors (Lipinski definition) is 6. The Morgan fingerprint density at radius 3 is 0.833 bits per heavy atom. The van der Waals surface area contributed by atoms with Gasteiger partial charge in [-0.2, -0.15) is 0 Å². The van der Waals surface area contributed by atoms with Crippen LogP contribution in [0.25, 0.3) is 0 Å². The first-order valence-corrected chi connectivity index (χ1v) is 11.4. The van der Waals surface area contributed by atoms with Gasteiger partial charge in [0.05, 0.1) is 0 Å². The highest BCUT2D eigenvalue weighted by atomic mass is 16.4. The van der Waals surface area contributed by atoms with Crippen molar-refractivity contribution in [3.63, 3.8) is 0 Å². The first-order valence-electron chi connectivity index (χ1n) is 11.4. The Labute approximate surface area is 209 Å². The molecule has 12 heteroatoms. The van der Waals surface area contributed by atoms with E-state index in [-0.39, 0.29) is 0 Å². The molecule has 36 heavy (non-hydrogen) atoms. The van der Waals surface area contributed by atoms with Crippen LogP contribution in [0.2, 0.25) is 0 Å². The molecule has 4 rings (SSSR count). The average molecular weight is 486 g/mol. The molecule has 0 spiro atoms. The fourth-order valence-electron chi connectivity index (χ4n) is 3.98. The lowest BCUT2D eigenvalue weighted by molar-refractivity contribution is -0.690. The van der Waals surface area contributed by atoms with Crippen LogP contribution in [-0.4, -0.2) is 51.5 Å². The van der Waals surface area contributed by atoms with Gasteiger partial charge in [0.2, 0.25) is 0 Å². The molecule has 0 saturated heterocycles. The largest absolute Gasteiger partial charge is 0.488 e. The first kappa shape index (κ1) is 25.7. The van der Waals surface area contributed by atoms with Crippen LogP contribution in [0.5, 0.6) is 0 Å². The lowest BCUT2D eigenvalue weighted by Crippen LogP contribution is -2.40. The molecular weight excluding hydrogens is 459 g/mol. The van der Waals surface area contributed by atoms with Gasteiger partial charge in [0.15, 0.2) is 56.8 Å². The maximum Gasteiger partial charge on any atom is 0.488 e. The van der Waals surface area contributed by atoms with E-state index in [4.69, 9.17) is 0 Å². The summed E-state index contributed by atoms with van der Waals surface area (Å²) in [7, 11) is -4.54. The summed E-state index contributed by atoms with van der Waals surface area (Å²) in [6.07, 6.45) is 10.8. The van der Waals surface area contributed by atoms with Gasteiger partial charge in [-0.1, -0.05) is 0 Å². The van der Waals surface area contributed by atoms with Gasteiger partial charge in [0.1, 0.15) is 0 Å². The lowest BCUT2D eigenvalue weighted by Gasteiger charge is -2.07. The summed E-state index contributed by atoms with van der Waals surface area (Å²) < 4.78 is 5.85. The molecule has 0 amide bonds. The van der Waals surface area contributed by atoms with Crippen LogP contribution >= 0.6 is 0 Å². The zero-order valence-electron chi connectivity index (χ0n) is 19.5. The quantitative estimate of drug-likeness (QED) is 0.105. The van der Waals surface area contributed by atoms with Gasteiger partial charge >= 0.3 is 21.4 Å². The minimum Gasteiger partial charge on any atom is -0.423 e. The molecule has 4 aromatic rings. The molecule has 3 heterocycles. The van der Waals surface area contributed by atoms with Crippen LogP contribution in [0.15, 0.2) is 91.8 Å². The minimum absolute atomic E-state index is 0.418. The van der Waals surface area contributed by atoms with Crippen LogP contribution in [0.3, 0.4) is 0 Å². The maximum absolute atomic E-state index is 9.34. The topological polar surface area (TPSA) is 133 Å². The lowest BCUT2D eigenvalue weighted by atomic mass is 9.81. The van der Waals surface area contributed by atoms with Crippen LogP contribution in [-0.2, 0) is 19.6 Å². The number of rotatable bonds is 9. The maximum atomic E-state index is 9.34. The molecule has 0 aliphatic carbocycles. The molecule has 0 fully saturated rings. The van der Waals surface area contributed by atoms with Crippen LogP contribution < -0.4 is 30.1 Å². The van der Waals surface area contributed by atoms with Crippen LogP contribution in [0.4, 0.5) is 0 Å². The molecule has 180 valence electrons. The van der Waals surface area contributed by atoms with Crippen molar-refractivity contribution in [3.8, 4) is 0 Å². The molecule has 0 saturated carbocycles. The van der Waals surface area contributed by atoms with Crippen LogP contribution in [0.1, 0.15) is 16.7 Å². The highest BCUT2D eigenvalue weighted by Gasteiger charge is 2.17. The second kappa shape index (κ2) is 11.6. The zero-order valence-corrected chi connectivity index (χ0v) is 19.5. The van der Waals surface area contributed by atoms with Crippen molar-refractivity contribution >= 4 is 37.7 Å². The fraction of sp³-hybridized carbons (Fsp3) is 0.125. The molecule has 0 atom stereocenters. The summed E-state index contributed by atoms with van der Waals surface area (Å²) in [4.78, 5) is 0. The van der Waals surface area contributed by atoms with Gasteiger partial charge in [-0.05, 0) is 34.6 Å². The van der Waals surface area contributed by atoms with E-state index in [1.165, 1.54) is 0 Å². The standard InChI is InChI=1S/C24H27B3N3O6/c31-25(32)22-1-7-28(8-2-22)16-19-13-20(17-29-9-3-23(4-10-29)26(33)34)15-21(14-19)18-30-11-5-24(6-12-30)27(35)36/h1-15,31-36H,16-18H2/q+3. The molecule has 6 N–H and O–H groups in total. The second-order valence-corrected chi connectivity index (χ2v) is 8.69. The van der Waals surface area contributed by atoms with Crippen molar-refractivity contribution in [1.82, 2.24) is 0 Å². The number of aromatic nitrogens is 3. The van der Waals surface area contributed by atoms with E-state index >= 15 is 0 Å². The highest BCUT2D eigenvalue weighted by Crippen LogP contribution is 2.11. The van der Waals surface area contributed by atoms with Gasteiger partial charge in [-0.3, -0.25) is 0 Å².